The minimum Gasteiger partial charge on any atom is -0.357 e. The van der Waals surface area contributed by atoms with Crippen molar-refractivity contribution in [3.63, 3.8) is 0 Å². The van der Waals surface area contributed by atoms with Crippen molar-refractivity contribution in [1.82, 2.24) is 29.9 Å². The van der Waals surface area contributed by atoms with Gasteiger partial charge in [-0.25, -0.2) is 9.48 Å². The average Bonchev–Trinajstić information content (AvgIpc) is 3.34. The highest BCUT2D eigenvalue weighted by molar-refractivity contribution is 14.0. The molecule has 0 bridgehead atoms. The Labute approximate surface area is 202 Å². The third-order valence-electron chi connectivity index (χ3n) is 6.18. The summed E-state index contributed by atoms with van der Waals surface area (Å²) in [5, 5.41) is 11.1. The Kier molecular flexibility index (Phi) is 9.83. The number of rotatable bonds is 8. The molecule has 9 nitrogen and oxygen atoms in total. The van der Waals surface area contributed by atoms with Gasteiger partial charge in [0.15, 0.2) is 5.96 Å². The maximum atomic E-state index is 12.7. The van der Waals surface area contributed by atoms with E-state index < -0.39 is 0 Å². The van der Waals surface area contributed by atoms with Gasteiger partial charge in [-0.3, -0.25) is 14.4 Å². The van der Waals surface area contributed by atoms with E-state index in [1.807, 2.05) is 25.6 Å². The molecule has 2 N–H and O–H groups in total. The monoisotopic (exact) mass is 547 g/mol. The summed E-state index contributed by atoms with van der Waals surface area (Å²) in [6, 6.07) is 0. The van der Waals surface area contributed by atoms with Crippen LogP contribution in [0.1, 0.15) is 57.7 Å². The molecule has 0 radical (unpaired) electrons. The molecule has 176 valence electrons. The number of nitrogens with one attached hydrogen (secondary N) is 2. The van der Waals surface area contributed by atoms with Gasteiger partial charge in [-0.05, 0) is 39.0 Å². The fourth-order valence-corrected chi connectivity index (χ4v) is 4.57. The molecule has 1 fully saturated rings. The van der Waals surface area contributed by atoms with E-state index >= 15 is 0 Å². The minimum atomic E-state index is -0.366. The zero-order chi connectivity index (χ0) is 21.6. The van der Waals surface area contributed by atoms with Gasteiger partial charge >= 0.3 is 5.69 Å². The second kappa shape index (κ2) is 11.9. The number of aliphatic imine (C=N–C) groups is 1. The molecular weight excluding hydrogens is 509 g/mol. The Bertz CT molecular complexity index is 809. The van der Waals surface area contributed by atoms with Crippen LogP contribution in [0, 0.1) is 5.41 Å². The number of carbonyl (C=O) groups excluding carboxylic acids is 1. The summed E-state index contributed by atoms with van der Waals surface area (Å²) in [4.78, 5) is 31.6. The fourth-order valence-electron chi connectivity index (χ4n) is 4.57. The molecule has 1 aliphatic carbocycles. The second-order valence-electron chi connectivity index (χ2n) is 8.69. The molecule has 1 aromatic heterocycles. The number of aryl methyl sites for hydroxylation is 2. The van der Waals surface area contributed by atoms with Crippen LogP contribution in [0.5, 0.6) is 0 Å². The van der Waals surface area contributed by atoms with E-state index in [1.165, 1.54) is 0 Å². The summed E-state index contributed by atoms with van der Waals surface area (Å²) in [7, 11) is 3.65. The van der Waals surface area contributed by atoms with E-state index in [0.29, 0.717) is 19.6 Å². The summed E-state index contributed by atoms with van der Waals surface area (Å²) in [5.41, 5.74) is -0.357. The molecule has 31 heavy (non-hydrogen) atoms. The van der Waals surface area contributed by atoms with Crippen LogP contribution < -0.4 is 16.3 Å². The largest absolute Gasteiger partial charge is 0.357 e. The first kappa shape index (κ1) is 25.7. The maximum Gasteiger partial charge on any atom is 0.345 e. The number of fused-ring (bicyclic) bond motifs is 1. The van der Waals surface area contributed by atoms with Crippen molar-refractivity contribution in [1.29, 1.82) is 0 Å². The van der Waals surface area contributed by atoms with Crippen LogP contribution in [0.4, 0.5) is 0 Å². The Hall–Kier alpha value is -1.59. The van der Waals surface area contributed by atoms with Gasteiger partial charge in [-0.2, -0.15) is 5.10 Å². The third-order valence-corrected chi connectivity index (χ3v) is 6.18. The SMILES string of the molecule is CCNC(=NCC1(C(=O)N(C)C)CCCC1)NCCCn1nc2n(c1=O)CCCC2.I. The highest BCUT2D eigenvalue weighted by Gasteiger charge is 2.42. The standard InChI is InChI=1S/C21H37N7O2.HI/c1-4-22-19(24-16-21(11-6-7-12-21)18(29)26(2)3)23-13-9-15-28-20(30)27-14-8-5-10-17(27)25-28;/h4-16H2,1-3H3,(H2,22,23,24);1H. The molecule has 3 rings (SSSR count). The Morgan fingerprint density at radius 1 is 1.19 bits per heavy atom. The van der Waals surface area contributed by atoms with E-state index in [-0.39, 0.29) is 41.0 Å². The molecule has 1 amide bonds. The zero-order valence-electron chi connectivity index (χ0n) is 19.2. The van der Waals surface area contributed by atoms with Gasteiger partial charge < -0.3 is 15.5 Å². The van der Waals surface area contributed by atoms with Crippen LogP contribution in [-0.4, -0.2) is 64.8 Å². The van der Waals surface area contributed by atoms with Crippen molar-refractivity contribution >= 4 is 35.8 Å². The summed E-state index contributed by atoms with van der Waals surface area (Å²) < 4.78 is 3.40. The van der Waals surface area contributed by atoms with Crippen molar-refractivity contribution in [3.8, 4) is 0 Å². The smallest absolute Gasteiger partial charge is 0.345 e. The van der Waals surface area contributed by atoms with Gasteiger partial charge in [0.2, 0.25) is 5.91 Å². The van der Waals surface area contributed by atoms with Crippen LogP contribution in [0.25, 0.3) is 0 Å². The first-order valence-electron chi connectivity index (χ1n) is 11.4. The van der Waals surface area contributed by atoms with Gasteiger partial charge in [-0.15, -0.1) is 24.0 Å². The number of aromatic nitrogens is 3. The number of halogens is 1. The highest BCUT2D eigenvalue weighted by Crippen LogP contribution is 2.39. The molecule has 0 atom stereocenters. The van der Waals surface area contributed by atoms with Crippen LogP contribution >= 0.6 is 24.0 Å². The molecule has 10 heteroatoms. The summed E-state index contributed by atoms with van der Waals surface area (Å²) in [5.74, 6) is 1.83. The number of hydrogen-bond donors (Lipinski definition) is 2. The summed E-state index contributed by atoms with van der Waals surface area (Å²) in [6.45, 7) is 5.36. The van der Waals surface area contributed by atoms with Crippen LogP contribution in [0.3, 0.4) is 0 Å². The molecule has 0 aromatic carbocycles. The predicted molar refractivity (Wildman–Crippen MR) is 133 cm³/mol. The van der Waals surface area contributed by atoms with Gasteiger partial charge in [0, 0.05) is 46.7 Å². The number of carbonyl (C=O) groups is 1. The van der Waals surface area contributed by atoms with E-state index in [1.54, 1.807) is 9.58 Å². The molecule has 1 aromatic rings. The van der Waals surface area contributed by atoms with Gasteiger partial charge in [0.1, 0.15) is 5.82 Å². The maximum absolute atomic E-state index is 12.7. The Morgan fingerprint density at radius 3 is 2.58 bits per heavy atom. The van der Waals surface area contributed by atoms with E-state index in [0.717, 1.165) is 76.2 Å². The highest BCUT2D eigenvalue weighted by atomic mass is 127. The molecule has 1 aliphatic heterocycles. The van der Waals surface area contributed by atoms with Crippen molar-refractivity contribution in [3.05, 3.63) is 16.3 Å². The lowest BCUT2D eigenvalue weighted by atomic mass is 9.85. The lowest BCUT2D eigenvalue weighted by Crippen LogP contribution is -2.43. The normalized spacial score (nSPS) is 17.6. The van der Waals surface area contributed by atoms with E-state index in [2.05, 4.69) is 15.7 Å². The molecule has 2 aliphatic rings. The number of hydrogen-bond acceptors (Lipinski definition) is 4. The molecule has 0 unspecified atom stereocenters. The molecule has 0 spiro atoms. The number of guanidine groups is 1. The topological polar surface area (TPSA) is 96.6 Å². The Balaban J connectivity index is 0.00000341. The predicted octanol–water partition coefficient (Wildman–Crippen LogP) is 1.59. The number of nitrogens with zero attached hydrogens (tertiary/aromatic N) is 5. The van der Waals surface area contributed by atoms with Gasteiger partial charge in [0.25, 0.3) is 0 Å². The van der Waals surface area contributed by atoms with Crippen LogP contribution in [0.15, 0.2) is 9.79 Å². The lowest BCUT2D eigenvalue weighted by Gasteiger charge is -2.29. The molecular formula is C21H38IN7O2. The second-order valence-corrected chi connectivity index (χ2v) is 8.69. The van der Waals surface area contributed by atoms with Crippen molar-refractivity contribution in [2.24, 2.45) is 10.4 Å². The summed E-state index contributed by atoms with van der Waals surface area (Å²) in [6.07, 6.45) is 7.82. The molecule has 1 saturated carbocycles. The molecule has 2 heterocycles. The van der Waals surface area contributed by atoms with Crippen molar-refractivity contribution in [2.45, 2.75) is 71.4 Å². The first-order valence-corrected chi connectivity index (χ1v) is 11.4. The van der Waals surface area contributed by atoms with E-state index in [4.69, 9.17) is 4.99 Å². The first-order chi connectivity index (χ1) is 14.5. The summed E-state index contributed by atoms with van der Waals surface area (Å²) >= 11 is 0. The van der Waals surface area contributed by atoms with Crippen LogP contribution in [-0.2, 0) is 24.3 Å². The van der Waals surface area contributed by atoms with Gasteiger partial charge in [0.05, 0.1) is 12.0 Å². The lowest BCUT2D eigenvalue weighted by molar-refractivity contribution is -0.138. The third kappa shape index (κ3) is 6.23. The Morgan fingerprint density at radius 2 is 1.94 bits per heavy atom. The van der Waals surface area contributed by atoms with Crippen molar-refractivity contribution in [2.75, 3.05) is 33.7 Å². The van der Waals surface area contributed by atoms with Crippen molar-refractivity contribution < 1.29 is 4.79 Å². The van der Waals surface area contributed by atoms with Crippen LogP contribution in [0.2, 0.25) is 0 Å². The minimum absolute atomic E-state index is 0. The van der Waals surface area contributed by atoms with Gasteiger partial charge in [-0.1, -0.05) is 12.8 Å². The zero-order valence-corrected chi connectivity index (χ0v) is 21.5. The average molecular weight is 547 g/mol. The number of amides is 1. The van der Waals surface area contributed by atoms with E-state index in [9.17, 15) is 9.59 Å². The molecule has 0 saturated heterocycles. The quantitative estimate of drug-likeness (QED) is 0.223. The fraction of sp³-hybridized carbons (Fsp3) is 0.810.